The number of nitrogens with zero attached hydrogens (tertiary/aromatic N) is 1. The van der Waals surface area contributed by atoms with Gasteiger partial charge in [-0.2, -0.15) is 0 Å². The van der Waals surface area contributed by atoms with Gasteiger partial charge in [-0.15, -0.1) is 12.6 Å². The first kappa shape index (κ1) is 15.5. The molecule has 0 saturated heterocycles. The molecule has 0 aliphatic heterocycles. The molecule has 1 aliphatic carbocycles. The number of aliphatic hydroxyl groups excluding tert-OH is 1. The van der Waals surface area contributed by atoms with Crippen molar-refractivity contribution in [2.75, 3.05) is 0 Å². The van der Waals surface area contributed by atoms with E-state index in [1.54, 1.807) is 6.20 Å². The highest BCUT2D eigenvalue weighted by atomic mass is 32.1. The number of aliphatic hydroxyl groups is 1. The standard InChI is InChI=1S/C19H20N2O2S/c22-14-5-3-13(4-6-14)21-11-16(12-1-7-15(24)8-2-12)18-17(21)9-10-20-19(18)23/h1-2,7-11,13-14,22,24H,3-6H2,(H,20,23)/t13-,14-. The Balaban J connectivity index is 1.88. The molecule has 2 aromatic heterocycles. The van der Waals surface area contributed by atoms with Crippen molar-refractivity contribution in [1.29, 1.82) is 0 Å². The third kappa shape index (κ3) is 2.68. The van der Waals surface area contributed by atoms with Gasteiger partial charge in [0.25, 0.3) is 5.56 Å². The monoisotopic (exact) mass is 340 g/mol. The van der Waals surface area contributed by atoms with Crippen LogP contribution in [0.3, 0.4) is 0 Å². The lowest BCUT2D eigenvalue weighted by atomic mass is 9.93. The van der Waals surface area contributed by atoms with Gasteiger partial charge in [0.05, 0.1) is 17.0 Å². The van der Waals surface area contributed by atoms with E-state index in [1.165, 1.54) is 0 Å². The number of pyridine rings is 1. The Kier molecular flexibility index (Phi) is 3.98. The summed E-state index contributed by atoms with van der Waals surface area (Å²) < 4.78 is 2.22. The summed E-state index contributed by atoms with van der Waals surface area (Å²) in [5, 5.41) is 10.5. The minimum atomic E-state index is -0.186. The highest BCUT2D eigenvalue weighted by Crippen LogP contribution is 2.35. The van der Waals surface area contributed by atoms with Crippen LogP contribution in [-0.2, 0) is 0 Å². The second-order valence-corrected chi connectivity index (χ2v) is 7.04. The number of benzene rings is 1. The van der Waals surface area contributed by atoms with Gasteiger partial charge in [-0.05, 0) is 49.4 Å². The average molecular weight is 340 g/mol. The Morgan fingerprint density at radius 1 is 1.08 bits per heavy atom. The number of aromatic nitrogens is 2. The number of H-pyrrole nitrogens is 1. The van der Waals surface area contributed by atoms with Crippen LogP contribution < -0.4 is 5.56 Å². The number of hydrogen-bond donors (Lipinski definition) is 3. The molecule has 0 atom stereocenters. The molecule has 0 bridgehead atoms. The smallest absolute Gasteiger partial charge is 0.258 e. The Morgan fingerprint density at radius 3 is 2.50 bits per heavy atom. The van der Waals surface area contributed by atoms with E-state index in [0.717, 1.165) is 52.6 Å². The zero-order valence-electron chi connectivity index (χ0n) is 13.3. The summed E-state index contributed by atoms with van der Waals surface area (Å²) in [7, 11) is 0. The maximum atomic E-state index is 12.5. The molecule has 0 amide bonds. The van der Waals surface area contributed by atoms with Crippen LogP contribution in [0.5, 0.6) is 0 Å². The fourth-order valence-electron chi connectivity index (χ4n) is 3.72. The summed E-state index contributed by atoms with van der Waals surface area (Å²) in [6.07, 6.45) is 7.12. The largest absolute Gasteiger partial charge is 0.393 e. The van der Waals surface area contributed by atoms with Crippen molar-refractivity contribution in [3.8, 4) is 11.1 Å². The fraction of sp³-hybridized carbons (Fsp3) is 0.316. The van der Waals surface area contributed by atoms with Gasteiger partial charge in [0.2, 0.25) is 0 Å². The molecule has 4 rings (SSSR count). The molecular weight excluding hydrogens is 320 g/mol. The van der Waals surface area contributed by atoms with E-state index in [-0.39, 0.29) is 11.7 Å². The molecule has 0 spiro atoms. The molecule has 2 heterocycles. The lowest BCUT2D eigenvalue weighted by Crippen LogP contribution is -2.20. The van der Waals surface area contributed by atoms with Crippen molar-refractivity contribution in [1.82, 2.24) is 9.55 Å². The molecule has 1 fully saturated rings. The predicted molar refractivity (Wildman–Crippen MR) is 98.8 cm³/mol. The van der Waals surface area contributed by atoms with Crippen molar-refractivity contribution < 1.29 is 5.11 Å². The SMILES string of the molecule is O=c1[nH]ccc2c1c(-c1ccc(S)cc1)cn2[C@H]1CC[C@H](O)CC1. The molecule has 0 unspecified atom stereocenters. The molecule has 1 aliphatic rings. The summed E-state index contributed by atoms with van der Waals surface area (Å²) in [6, 6.07) is 10.2. The lowest BCUT2D eigenvalue weighted by molar-refractivity contribution is 0.111. The van der Waals surface area contributed by atoms with Crippen LogP contribution in [0.1, 0.15) is 31.7 Å². The number of aromatic amines is 1. The summed E-state index contributed by atoms with van der Waals surface area (Å²) >= 11 is 4.34. The van der Waals surface area contributed by atoms with E-state index < -0.39 is 0 Å². The van der Waals surface area contributed by atoms with Crippen LogP contribution in [0, 0.1) is 0 Å². The second kappa shape index (κ2) is 6.15. The Labute approximate surface area is 145 Å². The van der Waals surface area contributed by atoms with Crippen LogP contribution in [0.2, 0.25) is 0 Å². The quantitative estimate of drug-likeness (QED) is 0.622. The molecule has 3 aromatic rings. The maximum Gasteiger partial charge on any atom is 0.258 e. The van der Waals surface area contributed by atoms with E-state index in [0.29, 0.717) is 6.04 Å². The van der Waals surface area contributed by atoms with Crippen LogP contribution in [0.4, 0.5) is 0 Å². The number of nitrogens with one attached hydrogen (secondary N) is 1. The molecule has 2 N–H and O–H groups in total. The Morgan fingerprint density at radius 2 is 1.79 bits per heavy atom. The van der Waals surface area contributed by atoms with Gasteiger partial charge < -0.3 is 14.7 Å². The number of fused-ring (bicyclic) bond motifs is 1. The van der Waals surface area contributed by atoms with Crippen molar-refractivity contribution in [2.24, 2.45) is 0 Å². The number of rotatable bonds is 2. The van der Waals surface area contributed by atoms with Gasteiger partial charge in [-0.3, -0.25) is 4.79 Å². The highest BCUT2D eigenvalue weighted by Gasteiger charge is 2.23. The molecule has 1 aromatic carbocycles. The zero-order chi connectivity index (χ0) is 16.7. The van der Waals surface area contributed by atoms with Crippen molar-refractivity contribution in [3.05, 3.63) is 53.1 Å². The third-order valence-electron chi connectivity index (χ3n) is 4.99. The summed E-state index contributed by atoms with van der Waals surface area (Å²) in [5.74, 6) is 0. The lowest BCUT2D eigenvalue weighted by Gasteiger charge is -2.27. The first-order valence-electron chi connectivity index (χ1n) is 8.33. The normalized spacial score (nSPS) is 21.2. The van der Waals surface area contributed by atoms with Crippen molar-refractivity contribution in [3.63, 3.8) is 0 Å². The highest BCUT2D eigenvalue weighted by molar-refractivity contribution is 7.80. The van der Waals surface area contributed by atoms with E-state index in [2.05, 4.69) is 28.4 Å². The predicted octanol–water partition coefficient (Wildman–Crippen LogP) is 3.76. The topological polar surface area (TPSA) is 58.0 Å². The summed E-state index contributed by atoms with van der Waals surface area (Å²) in [4.78, 5) is 16.2. The molecule has 0 radical (unpaired) electrons. The van der Waals surface area contributed by atoms with Crippen LogP contribution >= 0.6 is 12.6 Å². The maximum absolute atomic E-state index is 12.5. The molecule has 1 saturated carbocycles. The third-order valence-corrected chi connectivity index (χ3v) is 5.29. The van der Waals surface area contributed by atoms with Gasteiger partial charge in [0, 0.05) is 28.9 Å². The molecule has 124 valence electrons. The van der Waals surface area contributed by atoms with Crippen LogP contribution in [0.15, 0.2) is 52.4 Å². The Hall–Kier alpha value is -1.98. The molecule has 5 heteroatoms. The van der Waals surface area contributed by atoms with Crippen LogP contribution in [-0.4, -0.2) is 20.8 Å². The van der Waals surface area contributed by atoms with Crippen molar-refractivity contribution in [2.45, 2.75) is 42.7 Å². The first-order chi connectivity index (χ1) is 11.6. The van der Waals surface area contributed by atoms with E-state index in [1.807, 2.05) is 30.3 Å². The molecule has 4 nitrogen and oxygen atoms in total. The summed E-state index contributed by atoms with van der Waals surface area (Å²) in [6.45, 7) is 0. The molecule has 24 heavy (non-hydrogen) atoms. The fourth-order valence-corrected chi connectivity index (χ4v) is 3.86. The van der Waals surface area contributed by atoms with Crippen molar-refractivity contribution >= 4 is 23.5 Å². The second-order valence-electron chi connectivity index (χ2n) is 6.53. The van der Waals surface area contributed by atoms with Gasteiger partial charge in [0.1, 0.15) is 0 Å². The van der Waals surface area contributed by atoms with Gasteiger partial charge in [0.15, 0.2) is 0 Å². The van der Waals surface area contributed by atoms with E-state index in [4.69, 9.17) is 0 Å². The number of hydrogen-bond acceptors (Lipinski definition) is 3. The average Bonchev–Trinajstić information content (AvgIpc) is 2.97. The van der Waals surface area contributed by atoms with Gasteiger partial charge in [-0.1, -0.05) is 12.1 Å². The minimum absolute atomic E-state index is 0.0629. The molecular formula is C19H20N2O2S. The van der Waals surface area contributed by atoms with Gasteiger partial charge >= 0.3 is 0 Å². The van der Waals surface area contributed by atoms with Crippen LogP contribution in [0.25, 0.3) is 22.0 Å². The zero-order valence-corrected chi connectivity index (χ0v) is 14.2. The van der Waals surface area contributed by atoms with Gasteiger partial charge in [-0.25, -0.2) is 0 Å². The number of thiol groups is 1. The minimum Gasteiger partial charge on any atom is -0.393 e. The van der Waals surface area contributed by atoms with E-state index in [9.17, 15) is 9.90 Å². The van der Waals surface area contributed by atoms with E-state index >= 15 is 0 Å². The first-order valence-corrected chi connectivity index (χ1v) is 8.78. The summed E-state index contributed by atoms with van der Waals surface area (Å²) in [5.41, 5.74) is 2.87. The Bertz CT molecular complexity index is 919.